The SMILES string of the molecule is CC(C(=O)NCc1cc(Cl)cc(Cl)c1OC(F)F)C1CNC1. The highest BCUT2D eigenvalue weighted by Gasteiger charge is 2.28. The number of benzene rings is 1. The Hall–Kier alpha value is -1.11. The average Bonchev–Trinajstić information content (AvgIpc) is 2.37. The maximum absolute atomic E-state index is 12.5. The summed E-state index contributed by atoms with van der Waals surface area (Å²) < 4.78 is 29.3. The standard InChI is InChI=1S/C14H16Cl2F2N2O2/c1-7(9-4-19-5-9)13(21)20-6-8-2-10(15)3-11(16)12(8)22-14(17)18/h2-3,7,9,14,19H,4-6H2,1H3,(H,20,21). The van der Waals surface area contributed by atoms with Crippen LogP contribution in [0.1, 0.15) is 12.5 Å². The number of halogens is 4. The first-order valence-corrected chi connectivity index (χ1v) is 7.55. The average molecular weight is 353 g/mol. The molecule has 1 aromatic carbocycles. The molecule has 2 rings (SSSR count). The van der Waals surface area contributed by atoms with Gasteiger partial charge in [0.25, 0.3) is 0 Å². The summed E-state index contributed by atoms with van der Waals surface area (Å²) in [7, 11) is 0. The highest BCUT2D eigenvalue weighted by atomic mass is 35.5. The van der Waals surface area contributed by atoms with Gasteiger partial charge in [-0.05, 0) is 31.1 Å². The van der Waals surface area contributed by atoms with Gasteiger partial charge in [0.1, 0.15) is 5.75 Å². The van der Waals surface area contributed by atoms with E-state index in [0.717, 1.165) is 13.1 Å². The molecule has 8 heteroatoms. The molecule has 1 aliphatic rings. The second kappa shape index (κ2) is 7.44. The minimum Gasteiger partial charge on any atom is -0.433 e. The highest BCUT2D eigenvalue weighted by Crippen LogP contribution is 2.33. The summed E-state index contributed by atoms with van der Waals surface area (Å²) in [6.45, 7) is 0.455. The molecule has 122 valence electrons. The third-order valence-electron chi connectivity index (χ3n) is 3.68. The van der Waals surface area contributed by atoms with E-state index in [4.69, 9.17) is 23.2 Å². The molecular weight excluding hydrogens is 337 g/mol. The molecule has 0 bridgehead atoms. The zero-order valence-electron chi connectivity index (χ0n) is 11.8. The van der Waals surface area contributed by atoms with Crippen LogP contribution in [0.25, 0.3) is 0 Å². The monoisotopic (exact) mass is 352 g/mol. The summed E-state index contributed by atoms with van der Waals surface area (Å²) in [5.41, 5.74) is 0.310. The molecule has 1 fully saturated rings. The summed E-state index contributed by atoms with van der Waals surface area (Å²) in [4.78, 5) is 12.1. The lowest BCUT2D eigenvalue weighted by atomic mass is 9.88. The Kier molecular flexibility index (Phi) is 5.83. The Morgan fingerprint density at radius 2 is 2.14 bits per heavy atom. The molecule has 2 N–H and O–H groups in total. The minimum atomic E-state index is -3.01. The maximum Gasteiger partial charge on any atom is 0.387 e. The van der Waals surface area contributed by atoms with Gasteiger partial charge in [-0.1, -0.05) is 30.1 Å². The zero-order valence-corrected chi connectivity index (χ0v) is 13.3. The van der Waals surface area contributed by atoms with E-state index in [2.05, 4.69) is 15.4 Å². The lowest BCUT2D eigenvalue weighted by Gasteiger charge is -2.31. The van der Waals surface area contributed by atoms with Crippen LogP contribution in [-0.4, -0.2) is 25.6 Å². The van der Waals surface area contributed by atoms with Crippen LogP contribution >= 0.6 is 23.2 Å². The fraction of sp³-hybridized carbons (Fsp3) is 0.500. The molecule has 0 saturated carbocycles. The van der Waals surface area contributed by atoms with E-state index >= 15 is 0 Å². The van der Waals surface area contributed by atoms with Crippen LogP contribution < -0.4 is 15.4 Å². The molecule has 1 amide bonds. The molecule has 1 aliphatic heterocycles. The molecule has 1 heterocycles. The second-order valence-corrected chi connectivity index (χ2v) is 6.02. The Labute approximate surface area is 137 Å². The fourth-order valence-corrected chi connectivity index (χ4v) is 2.77. The van der Waals surface area contributed by atoms with Crippen molar-refractivity contribution in [3.63, 3.8) is 0 Å². The molecular formula is C14H16Cl2F2N2O2. The van der Waals surface area contributed by atoms with Gasteiger partial charge < -0.3 is 15.4 Å². The van der Waals surface area contributed by atoms with Crippen molar-refractivity contribution in [2.45, 2.75) is 20.1 Å². The molecule has 0 radical (unpaired) electrons. The third-order valence-corrected chi connectivity index (χ3v) is 4.18. The Morgan fingerprint density at radius 3 is 2.68 bits per heavy atom. The molecule has 1 saturated heterocycles. The number of carbonyl (C=O) groups is 1. The van der Waals surface area contributed by atoms with Gasteiger partial charge >= 0.3 is 6.61 Å². The van der Waals surface area contributed by atoms with Crippen LogP contribution in [0.4, 0.5) is 8.78 Å². The third kappa shape index (κ3) is 4.21. The zero-order chi connectivity index (χ0) is 16.3. The highest BCUT2D eigenvalue weighted by molar-refractivity contribution is 6.35. The molecule has 0 spiro atoms. The number of ether oxygens (including phenoxy) is 1. The van der Waals surface area contributed by atoms with Crippen molar-refractivity contribution >= 4 is 29.1 Å². The van der Waals surface area contributed by atoms with E-state index in [1.807, 2.05) is 6.92 Å². The molecule has 22 heavy (non-hydrogen) atoms. The first-order valence-electron chi connectivity index (χ1n) is 6.79. The van der Waals surface area contributed by atoms with E-state index in [-0.39, 0.29) is 34.2 Å². The minimum absolute atomic E-state index is 0.0195. The normalized spacial score (nSPS) is 16.3. The smallest absolute Gasteiger partial charge is 0.387 e. The van der Waals surface area contributed by atoms with Crippen molar-refractivity contribution in [1.29, 1.82) is 0 Å². The number of hydrogen-bond acceptors (Lipinski definition) is 3. The first-order chi connectivity index (χ1) is 10.4. The van der Waals surface area contributed by atoms with E-state index in [9.17, 15) is 13.6 Å². The topological polar surface area (TPSA) is 50.4 Å². The lowest BCUT2D eigenvalue weighted by molar-refractivity contribution is -0.126. The van der Waals surface area contributed by atoms with Crippen molar-refractivity contribution in [2.75, 3.05) is 13.1 Å². The Bertz CT molecular complexity index is 554. The number of hydrogen-bond donors (Lipinski definition) is 2. The first kappa shape index (κ1) is 17.2. The van der Waals surface area contributed by atoms with Crippen LogP contribution in [0, 0.1) is 11.8 Å². The Balaban J connectivity index is 2.06. The summed E-state index contributed by atoms with van der Waals surface area (Å²) in [6, 6.07) is 2.76. The number of rotatable bonds is 6. The molecule has 0 aromatic heterocycles. The molecule has 1 aromatic rings. The van der Waals surface area contributed by atoms with Gasteiger partial charge in [0.15, 0.2) is 0 Å². The largest absolute Gasteiger partial charge is 0.433 e. The second-order valence-electron chi connectivity index (χ2n) is 5.18. The summed E-state index contributed by atoms with van der Waals surface area (Å²) >= 11 is 11.7. The van der Waals surface area contributed by atoms with Crippen LogP contribution in [-0.2, 0) is 11.3 Å². The summed E-state index contributed by atoms with van der Waals surface area (Å²) in [5, 5.41) is 6.07. The number of nitrogens with one attached hydrogen (secondary N) is 2. The van der Waals surface area contributed by atoms with Crippen molar-refractivity contribution in [1.82, 2.24) is 10.6 Å². The van der Waals surface area contributed by atoms with Crippen molar-refractivity contribution < 1.29 is 18.3 Å². The predicted octanol–water partition coefficient (Wildman–Crippen LogP) is 3.07. The van der Waals surface area contributed by atoms with Crippen LogP contribution in [0.5, 0.6) is 5.75 Å². The predicted molar refractivity (Wildman–Crippen MR) is 80.5 cm³/mol. The van der Waals surface area contributed by atoms with Crippen LogP contribution in [0.15, 0.2) is 12.1 Å². The quantitative estimate of drug-likeness (QED) is 0.827. The summed E-state index contributed by atoms with van der Waals surface area (Å²) in [6.07, 6.45) is 0. The van der Waals surface area contributed by atoms with Crippen molar-refractivity contribution in [3.05, 3.63) is 27.7 Å². The van der Waals surface area contributed by atoms with Crippen LogP contribution in [0.3, 0.4) is 0 Å². The van der Waals surface area contributed by atoms with Gasteiger partial charge in [-0.3, -0.25) is 4.79 Å². The molecule has 1 unspecified atom stereocenters. The van der Waals surface area contributed by atoms with Gasteiger partial charge in [0.05, 0.1) is 5.02 Å². The van der Waals surface area contributed by atoms with Gasteiger partial charge in [0.2, 0.25) is 5.91 Å². The van der Waals surface area contributed by atoms with Crippen molar-refractivity contribution in [3.8, 4) is 5.75 Å². The van der Waals surface area contributed by atoms with Gasteiger partial charge in [0, 0.05) is 23.0 Å². The number of carbonyl (C=O) groups excluding carboxylic acids is 1. The van der Waals surface area contributed by atoms with E-state index in [1.165, 1.54) is 12.1 Å². The van der Waals surface area contributed by atoms with Crippen molar-refractivity contribution in [2.24, 2.45) is 11.8 Å². The number of amides is 1. The van der Waals surface area contributed by atoms with E-state index < -0.39 is 6.61 Å². The van der Waals surface area contributed by atoms with Gasteiger partial charge in [-0.15, -0.1) is 0 Å². The van der Waals surface area contributed by atoms with Crippen LogP contribution in [0.2, 0.25) is 10.0 Å². The van der Waals surface area contributed by atoms with Gasteiger partial charge in [-0.2, -0.15) is 8.78 Å². The fourth-order valence-electron chi connectivity index (χ4n) is 2.19. The molecule has 4 nitrogen and oxygen atoms in total. The maximum atomic E-state index is 12.5. The Morgan fingerprint density at radius 1 is 1.45 bits per heavy atom. The lowest BCUT2D eigenvalue weighted by Crippen LogP contribution is -2.49. The van der Waals surface area contributed by atoms with E-state index in [0.29, 0.717) is 11.5 Å². The molecule has 0 aliphatic carbocycles. The molecule has 1 atom stereocenters. The van der Waals surface area contributed by atoms with Gasteiger partial charge in [-0.25, -0.2) is 0 Å². The summed E-state index contributed by atoms with van der Waals surface area (Å²) in [5.74, 6) is -0.181. The number of alkyl halides is 2. The van der Waals surface area contributed by atoms with E-state index in [1.54, 1.807) is 0 Å².